The van der Waals surface area contributed by atoms with Crippen LogP contribution in [0.1, 0.15) is 13.3 Å². The third-order valence-corrected chi connectivity index (χ3v) is 1.67. The summed E-state index contributed by atoms with van der Waals surface area (Å²) in [6.07, 6.45) is -0.285. The molecule has 1 aromatic rings. The molecule has 14 heavy (non-hydrogen) atoms. The van der Waals surface area contributed by atoms with E-state index in [1.165, 1.54) is 0 Å². The van der Waals surface area contributed by atoms with Crippen LogP contribution in [-0.2, 0) is 4.79 Å². The van der Waals surface area contributed by atoms with E-state index in [9.17, 15) is 4.79 Å². The molecule has 1 unspecified atom stereocenters. The van der Waals surface area contributed by atoms with Crippen molar-refractivity contribution < 1.29 is 14.6 Å². The number of aliphatic carboxylic acids is 1. The molecule has 1 radical (unpaired) electrons. The molecule has 1 aromatic carbocycles. The van der Waals surface area contributed by atoms with Crippen molar-refractivity contribution in [1.29, 1.82) is 0 Å². The predicted octanol–water partition coefficient (Wildman–Crippen LogP) is 1.55. The molecule has 0 aromatic heterocycles. The van der Waals surface area contributed by atoms with Gasteiger partial charge in [0.1, 0.15) is 5.75 Å². The Morgan fingerprint density at radius 3 is 2.43 bits per heavy atom. The van der Waals surface area contributed by atoms with Gasteiger partial charge in [-0.15, -0.1) is 0 Å². The molecule has 1 atom stereocenters. The van der Waals surface area contributed by atoms with E-state index in [4.69, 9.17) is 9.84 Å². The summed E-state index contributed by atoms with van der Waals surface area (Å²) < 4.78 is 5.23. The first kappa shape index (κ1) is 13.5. The minimum absolute atomic E-state index is 0. The molecule has 0 bridgehead atoms. The zero-order valence-corrected chi connectivity index (χ0v) is 10.4. The van der Waals surface area contributed by atoms with Crippen molar-refractivity contribution in [2.45, 2.75) is 19.4 Å². The molecule has 0 fully saturated rings. The summed E-state index contributed by atoms with van der Waals surface area (Å²) >= 11 is 0. The molecule has 0 aliphatic rings. The van der Waals surface area contributed by atoms with Crippen molar-refractivity contribution in [3.8, 4) is 5.75 Å². The van der Waals surface area contributed by atoms with E-state index >= 15 is 0 Å². The van der Waals surface area contributed by atoms with Crippen LogP contribution in [0, 0.1) is 0 Å². The average molecular weight is 203 g/mol. The molecule has 4 heteroatoms. The third kappa shape index (κ3) is 4.13. The summed E-state index contributed by atoms with van der Waals surface area (Å²) in [7, 11) is 0. The van der Waals surface area contributed by atoms with Crippen LogP contribution >= 0.6 is 0 Å². The Morgan fingerprint density at radius 1 is 1.43 bits per heavy atom. The fourth-order valence-electron chi connectivity index (χ4n) is 0.972. The van der Waals surface area contributed by atoms with Crippen LogP contribution < -0.4 is 4.74 Å². The van der Waals surface area contributed by atoms with Gasteiger partial charge in [-0.3, -0.25) is 0 Å². The van der Waals surface area contributed by atoms with Crippen LogP contribution in [0.15, 0.2) is 30.3 Å². The number of rotatable bonds is 4. The van der Waals surface area contributed by atoms with Crippen molar-refractivity contribution >= 4 is 35.5 Å². The maximum absolute atomic E-state index is 10.6. The molecule has 0 spiro atoms. The van der Waals surface area contributed by atoms with Crippen molar-refractivity contribution in [1.82, 2.24) is 0 Å². The van der Waals surface area contributed by atoms with Crippen molar-refractivity contribution in [3.63, 3.8) is 0 Å². The standard InChI is InChI=1S/C10H12O3.Na/c1-2-9(10(11)12)13-8-6-4-3-5-7-8;/h3-7,9H,2H2,1H3,(H,11,12);. The van der Waals surface area contributed by atoms with E-state index in [0.29, 0.717) is 12.2 Å². The Balaban J connectivity index is 0.00000169. The molecular weight excluding hydrogens is 191 g/mol. The Bertz CT molecular complexity index is 274. The molecule has 71 valence electrons. The maximum Gasteiger partial charge on any atom is 0.344 e. The summed E-state index contributed by atoms with van der Waals surface area (Å²) in [5.74, 6) is -0.330. The van der Waals surface area contributed by atoms with Gasteiger partial charge >= 0.3 is 5.97 Å². The van der Waals surface area contributed by atoms with Crippen LogP contribution in [0.25, 0.3) is 0 Å². The molecule has 1 rings (SSSR count). The zero-order chi connectivity index (χ0) is 9.68. The van der Waals surface area contributed by atoms with E-state index in [1.54, 1.807) is 19.1 Å². The molecule has 0 aliphatic carbocycles. The van der Waals surface area contributed by atoms with E-state index in [2.05, 4.69) is 0 Å². The van der Waals surface area contributed by atoms with E-state index in [1.807, 2.05) is 18.2 Å². The van der Waals surface area contributed by atoms with E-state index in [0.717, 1.165) is 0 Å². The number of ether oxygens (including phenoxy) is 1. The summed E-state index contributed by atoms with van der Waals surface area (Å²) in [4.78, 5) is 10.6. The fraction of sp³-hybridized carbons (Fsp3) is 0.300. The second-order valence-corrected chi connectivity index (χ2v) is 2.67. The van der Waals surface area contributed by atoms with Crippen LogP contribution in [0.2, 0.25) is 0 Å². The van der Waals surface area contributed by atoms with Gasteiger partial charge in [-0.1, -0.05) is 25.1 Å². The number of para-hydroxylation sites is 1. The molecule has 0 saturated carbocycles. The molecule has 1 N–H and O–H groups in total. The fourth-order valence-corrected chi connectivity index (χ4v) is 0.972. The Morgan fingerprint density at radius 2 is 2.00 bits per heavy atom. The van der Waals surface area contributed by atoms with Gasteiger partial charge in [0.25, 0.3) is 0 Å². The summed E-state index contributed by atoms with van der Waals surface area (Å²) in [5, 5.41) is 8.71. The van der Waals surface area contributed by atoms with Gasteiger partial charge in [-0.2, -0.15) is 0 Å². The molecule has 3 nitrogen and oxygen atoms in total. The Kier molecular flexibility index (Phi) is 6.62. The number of carboxylic acid groups (broad SMARTS) is 1. The number of carboxylic acids is 1. The first-order valence-corrected chi connectivity index (χ1v) is 4.18. The number of hydrogen-bond donors (Lipinski definition) is 1. The minimum atomic E-state index is -0.925. The van der Waals surface area contributed by atoms with Gasteiger partial charge in [-0.05, 0) is 18.6 Å². The van der Waals surface area contributed by atoms with Gasteiger partial charge in [0.15, 0.2) is 6.10 Å². The van der Waals surface area contributed by atoms with Crippen molar-refractivity contribution in [2.24, 2.45) is 0 Å². The van der Waals surface area contributed by atoms with Gasteiger partial charge in [-0.25, -0.2) is 4.79 Å². The summed E-state index contributed by atoms with van der Waals surface area (Å²) in [6, 6.07) is 8.96. The first-order chi connectivity index (χ1) is 6.24. The molecule has 0 heterocycles. The first-order valence-electron chi connectivity index (χ1n) is 4.18. The van der Waals surface area contributed by atoms with Gasteiger partial charge in [0, 0.05) is 29.6 Å². The third-order valence-electron chi connectivity index (χ3n) is 1.67. The molecule has 0 amide bonds. The molecular formula is C10H12NaO3. The average Bonchev–Trinajstić information content (AvgIpc) is 2.15. The zero-order valence-electron chi connectivity index (χ0n) is 8.43. The maximum atomic E-state index is 10.6. The van der Waals surface area contributed by atoms with Gasteiger partial charge in [0.05, 0.1) is 0 Å². The van der Waals surface area contributed by atoms with Gasteiger partial charge in [0.2, 0.25) is 0 Å². The topological polar surface area (TPSA) is 46.5 Å². The van der Waals surface area contributed by atoms with Gasteiger partial charge < -0.3 is 9.84 Å². The normalized spacial score (nSPS) is 11.2. The summed E-state index contributed by atoms with van der Waals surface area (Å²) in [6.45, 7) is 1.78. The quantitative estimate of drug-likeness (QED) is 0.755. The Labute approximate surface area is 105 Å². The Hall–Kier alpha value is -0.510. The van der Waals surface area contributed by atoms with Crippen LogP contribution in [0.3, 0.4) is 0 Å². The monoisotopic (exact) mass is 203 g/mol. The number of benzene rings is 1. The van der Waals surface area contributed by atoms with Crippen LogP contribution in [-0.4, -0.2) is 46.7 Å². The second kappa shape index (κ2) is 6.87. The second-order valence-electron chi connectivity index (χ2n) is 2.67. The largest absolute Gasteiger partial charge is 0.479 e. The minimum Gasteiger partial charge on any atom is -0.479 e. The van der Waals surface area contributed by atoms with E-state index in [-0.39, 0.29) is 29.6 Å². The van der Waals surface area contributed by atoms with Crippen LogP contribution in [0.5, 0.6) is 5.75 Å². The SMILES string of the molecule is CCC(Oc1ccccc1)C(=O)O.[Na]. The molecule has 0 saturated heterocycles. The molecule has 0 aliphatic heterocycles. The van der Waals surface area contributed by atoms with E-state index < -0.39 is 12.1 Å². The van der Waals surface area contributed by atoms with Crippen LogP contribution in [0.4, 0.5) is 0 Å². The van der Waals surface area contributed by atoms with Crippen molar-refractivity contribution in [2.75, 3.05) is 0 Å². The van der Waals surface area contributed by atoms with Crippen molar-refractivity contribution in [3.05, 3.63) is 30.3 Å². The number of hydrogen-bond acceptors (Lipinski definition) is 2. The smallest absolute Gasteiger partial charge is 0.344 e. The summed E-state index contributed by atoms with van der Waals surface area (Å²) in [5.41, 5.74) is 0. The predicted molar refractivity (Wildman–Crippen MR) is 54.5 cm³/mol. The number of carbonyl (C=O) groups is 1.